The van der Waals surface area contributed by atoms with E-state index in [-0.39, 0.29) is 5.56 Å². The molecule has 4 nitrogen and oxygen atoms in total. The minimum absolute atomic E-state index is 0.0700. The van der Waals surface area contributed by atoms with Crippen molar-refractivity contribution in [3.05, 3.63) is 35.1 Å². The van der Waals surface area contributed by atoms with Crippen LogP contribution in [0.4, 0.5) is 4.39 Å². The number of carbonyl (C=O) groups excluding carboxylic acids is 1. The van der Waals surface area contributed by atoms with Gasteiger partial charge in [-0.25, -0.2) is 9.18 Å². The molecule has 0 radical (unpaired) electrons. The molecule has 0 saturated heterocycles. The minimum Gasteiger partial charge on any atom is -0.465 e. The molecule has 18 heavy (non-hydrogen) atoms. The Morgan fingerprint density at radius 1 is 1.56 bits per heavy atom. The zero-order valence-corrected chi connectivity index (χ0v) is 10.8. The Labute approximate surface area is 106 Å². The number of carbonyl (C=O) groups is 1. The molecule has 0 heterocycles. The Hall–Kier alpha value is -1.46. The van der Waals surface area contributed by atoms with Crippen LogP contribution in [0.2, 0.25) is 0 Å². The van der Waals surface area contributed by atoms with E-state index in [1.165, 1.54) is 19.2 Å². The van der Waals surface area contributed by atoms with Crippen molar-refractivity contribution in [2.75, 3.05) is 20.7 Å². The van der Waals surface area contributed by atoms with Crippen molar-refractivity contribution in [2.45, 2.75) is 19.6 Å². The van der Waals surface area contributed by atoms with Gasteiger partial charge in [0.05, 0.1) is 18.8 Å². The Bertz CT molecular complexity index is 421. The fraction of sp³-hybridized carbons (Fsp3) is 0.462. The first-order valence-corrected chi connectivity index (χ1v) is 5.67. The molecule has 1 aromatic carbocycles. The molecule has 0 saturated carbocycles. The van der Waals surface area contributed by atoms with Crippen LogP contribution in [0.5, 0.6) is 0 Å². The first-order valence-electron chi connectivity index (χ1n) is 5.67. The third kappa shape index (κ3) is 4.09. The number of aliphatic hydroxyl groups excluding tert-OH is 1. The second-order valence-electron chi connectivity index (χ2n) is 4.35. The molecule has 1 aromatic rings. The van der Waals surface area contributed by atoms with E-state index in [4.69, 9.17) is 0 Å². The van der Waals surface area contributed by atoms with Gasteiger partial charge in [-0.15, -0.1) is 0 Å². The van der Waals surface area contributed by atoms with Crippen LogP contribution in [-0.4, -0.2) is 42.8 Å². The van der Waals surface area contributed by atoms with E-state index in [9.17, 15) is 14.3 Å². The van der Waals surface area contributed by atoms with Gasteiger partial charge in [-0.05, 0) is 31.7 Å². The van der Waals surface area contributed by atoms with Crippen LogP contribution in [-0.2, 0) is 11.3 Å². The van der Waals surface area contributed by atoms with Crippen LogP contribution in [0.15, 0.2) is 18.2 Å². The zero-order chi connectivity index (χ0) is 13.7. The number of hydrogen-bond donors (Lipinski definition) is 1. The summed E-state index contributed by atoms with van der Waals surface area (Å²) in [6.07, 6.45) is -0.436. The topological polar surface area (TPSA) is 49.8 Å². The molecule has 5 heteroatoms. The van der Waals surface area contributed by atoms with Crippen LogP contribution in [0.25, 0.3) is 0 Å². The summed E-state index contributed by atoms with van der Waals surface area (Å²) in [5.74, 6) is -1.28. The van der Waals surface area contributed by atoms with Crippen LogP contribution in [0.3, 0.4) is 0 Å². The second kappa shape index (κ2) is 6.47. The molecular formula is C13H18FNO3. The fourth-order valence-corrected chi connectivity index (χ4v) is 1.76. The van der Waals surface area contributed by atoms with Gasteiger partial charge in [-0.3, -0.25) is 4.90 Å². The van der Waals surface area contributed by atoms with Gasteiger partial charge in [0.15, 0.2) is 0 Å². The summed E-state index contributed by atoms with van der Waals surface area (Å²) >= 11 is 0. The number of likely N-dealkylation sites (N-methyl/N-ethyl adjacent to an activating group) is 1. The number of benzene rings is 1. The van der Waals surface area contributed by atoms with E-state index >= 15 is 0 Å². The van der Waals surface area contributed by atoms with Crippen molar-refractivity contribution in [2.24, 2.45) is 0 Å². The summed E-state index contributed by atoms with van der Waals surface area (Å²) in [6, 6.07) is 4.39. The van der Waals surface area contributed by atoms with Crippen molar-refractivity contribution in [3.8, 4) is 0 Å². The molecule has 100 valence electrons. The Kier molecular flexibility index (Phi) is 5.25. The molecule has 0 aliphatic carbocycles. The first kappa shape index (κ1) is 14.6. The maximum Gasteiger partial charge on any atom is 0.340 e. The fourth-order valence-electron chi connectivity index (χ4n) is 1.76. The molecule has 0 amide bonds. The summed E-state index contributed by atoms with van der Waals surface area (Å²) in [5.41, 5.74) is 0.669. The Balaban J connectivity index is 2.75. The number of rotatable bonds is 5. The predicted octanol–water partition coefficient (Wildman–Crippen LogP) is 1.42. The highest BCUT2D eigenvalue weighted by molar-refractivity contribution is 5.89. The van der Waals surface area contributed by atoms with Crippen LogP contribution in [0.1, 0.15) is 22.8 Å². The van der Waals surface area contributed by atoms with Gasteiger partial charge in [0.25, 0.3) is 0 Å². The molecule has 0 bridgehead atoms. The average Bonchev–Trinajstić information content (AvgIpc) is 2.27. The number of esters is 1. The van der Waals surface area contributed by atoms with Crippen molar-refractivity contribution < 1.29 is 19.0 Å². The molecule has 0 spiro atoms. The summed E-state index contributed by atoms with van der Waals surface area (Å²) < 4.78 is 18.1. The lowest BCUT2D eigenvalue weighted by atomic mass is 10.1. The van der Waals surface area contributed by atoms with Crippen molar-refractivity contribution >= 4 is 5.97 Å². The zero-order valence-electron chi connectivity index (χ0n) is 10.8. The van der Waals surface area contributed by atoms with E-state index in [1.807, 2.05) is 11.9 Å². The van der Waals surface area contributed by atoms with Gasteiger partial charge in [-0.2, -0.15) is 0 Å². The van der Waals surface area contributed by atoms with Gasteiger partial charge < -0.3 is 9.84 Å². The summed E-state index contributed by atoms with van der Waals surface area (Å²) in [6.45, 7) is 2.70. The highest BCUT2D eigenvalue weighted by atomic mass is 19.1. The summed E-state index contributed by atoms with van der Waals surface area (Å²) in [4.78, 5) is 13.1. The predicted molar refractivity (Wildman–Crippen MR) is 65.8 cm³/mol. The molecule has 0 aromatic heterocycles. The number of nitrogens with zero attached hydrogens (tertiary/aromatic N) is 1. The molecule has 1 atom stereocenters. The van der Waals surface area contributed by atoms with Gasteiger partial charge in [-0.1, -0.05) is 6.07 Å². The third-order valence-corrected chi connectivity index (χ3v) is 2.47. The lowest BCUT2D eigenvalue weighted by molar-refractivity contribution is 0.0595. The summed E-state index contributed by atoms with van der Waals surface area (Å²) in [5, 5.41) is 9.23. The number of halogens is 1. The normalized spacial score (nSPS) is 12.6. The SMILES string of the molecule is COC(=O)c1ccc(CN(C)CC(C)O)cc1F. The largest absolute Gasteiger partial charge is 0.465 e. The van der Waals surface area contributed by atoms with Crippen molar-refractivity contribution in [1.29, 1.82) is 0 Å². The highest BCUT2D eigenvalue weighted by Crippen LogP contribution is 2.13. The van der Waals surface area contributed by atoms with Crippen LogP contribution >= 0.6 is 0 Å². The number of hydrogen-bond acceptors (Lipinski definition) is 4. The molecular weight excluding hydrogens is 237 g/mol. The maximum atomic E-state index is 13.6. The lowest BCUT2D eigenvalue weighted by Gasteiger charge is -2.18. The van der Waals surface area contributed by atoms with Crippen LogP contribution < -0.4 is 0 Å². The van der Waals surface area contributed by atoms with E-state index in [0.29, 0.717) is 13.1 Å². The molecule has 1 unspecified atom stereocenters. The van der Waals surface area contributed by atoms with E-state index in [2.05, 4.69) is 4.74 Å². The van der Waals surface area contributed by atoms with E-state index in [0.717, 1.165) is 5.56 Å². The number of aliphatic hydroxyl groups is 1. The van der Waals surface area contributed by atoms with Gasteiger partial charge in [0.2, 0.25) is 0 Å². The highest BCUT2D eigenvalue weighted by Gasteiger charge is 2.13. The summed E-state index contributed by atoms with van der Waals surface area (Å²) in [7, 11) is 3.05. The molecule has 0 aliphatic heterocycles. The van der Waals surface area contributed by atoms with Crippen LogP contribution in [0, 0.1) is 5.82 Å². The van der Waals surface area contributed by atoms with E-state index in [1.54, 1.807) is 13.0 Å². The lowest BCUT2D eigenvalue weighted by Crippen LogP contribution is -2.26. The average molecular weight is 255 g/mol. The molecule has 1 N–H and O–H groups in total. The number of ether oxygens (including phenoxy) is 1. The maximum absolute atomic E-state index is 13.6. The first-order chi connectivity index (χ1) is 8.43. The number of methoxy groups -OCH3 is 1. The monoisotopic (exact) mass is 255 g/mol. The molecule has 1 rings (SSSR count). The standard InChI is InChI=1S/C13H18FNO3/c1-9(16)7-15(2)8-10-4-5-11(12(14)6-10)13(17)18-3/h4-6,9,16H,7-8H2,1-3H3. The minimum atomic E-state index is -0.684. The Morgan fingerprint density at radius 3 is 2.72 bits per heavy atom. The second-order valence-corrected chi connectivity index (χ2v) is 4.35. The van der Waals surface area contributed by atoms with Gasteiger partial charge >= 0.3 is 5.97 Å². The van der Waals surface area contributed by atoms with Gasteiger partial charge in [0, 0.05) is 13.1 Å². The van der Waals surface area contributed by atoms with E-state index < -0.39 is 17.9 Å². The molecule has 0 aliphatic rings. The smallest absolute Gasteiger partial charge is 0.340 e. The van der Waals surface area contributed by atoms with Crippen molar-refractivity contribution in [1.82, 2.24) is 4.90 Å². The third-order valence-electron chi connectivity index (χ3n) is 2.47. The molecule has 0 fully saturated rings. The Morgan fingerprint density at radius 2 is 2.22 bits per heavy atom. The van der Waals surface area contributed by atoms with Gasteiger partial charge in [0.1, 0.15) is 5.82 Å². The quantitative estimate of drug-likeness (QED) is 0.809. The van der Waals surface area contributed by atoms with Crippen molar-refractivity contribution in [3.63, 3.8) is 0 Å².